The molecule has 150 valence electrons. The number of hydrogen-bond acceptors (Lipinski definition) is 6. The highest BCUT2D eigenvalue weighted by atomic mass is 32.1. The monoisotopic (exact) mass is 410 g/mol. The molecule has 0 fully saturated rings. The third kappa shape index (κ3) is 4.63. The molecule has 0 aliphatic carbocycles. The Bertz CT molecular complexity index is 1050. The standard InChI is InChI=1S/C22H22N2O4S/c1-14-5-7-19(9-15(14)2)24(16(3)26)22-23-18(13-29-22)12-28-20-8-6-17(11-25)10-21(20)27-4/h5-11,13H,12H2,1-4H3. The summed E-state index contributed by atoms with van der Waals surface area (Å²) < 4.78 is 11.1. The molecule has 0 aliphatic rings. The van der Waals surface area contributed by atoms with E-state index in [9.17, 15) is 9.59 Å². The third-order valence-electron chi connectivity index (χ3n) is 4.49. The van der Waals surface area contributed by atoms with Crippen molar-refractivity contribution in [2.24, 2.45) is 0 Å². The smallest absolute Gasteiger partial charge is 0.230 e. The van der Waals surface area contributed by atoms with Crippen molar-refractivity contribution in [3.63, 3.8) is 0 Å². The van der Waals surface area contributed by atoms with Gasteiger partial charge in [0.05, 0.1) is 18.5 Å². The lowest BCUT2D eigenvalue weighted by Crippen LogP contribution is -2.22. The molecule has 0 bridgehead atoms. The molecule has 3 rings (SSSR count). The molecule has 0 saturated heterocycles. The molecule has 2 aromatic carbocycles. The predicted octanol–water partition coefficient (Wildman–Crippen LogP) is 4.84. The van der Waals surface area contributed by atoms with E-state index in [4.69, 9.17) is 9.47 Å². The highest BCUT2D eigenvalue weighted by Gasteiger charge is 2.19. The van der Waals surface area contributed by atoms with Gasteiger partial charge in [-0.25, -0.2) is 4.98 Å². The highest BCUT2D eigenvalue weighted by Crippen LogP contribution is 2.32. The molecule has 0 atom stereocenters. The number of amides is 1. The van der Waals surface area contributed by atoms with Crippen LogP contribution in [0, 0.1) is 13.8 Å². The van der Waals surface area contributed by atoms with Crippen LogP contribution in [-0.4, -0.2) is 24.3 Å². The summed E-state index contributed by atoms with van der Waals surface area (Å²) in [6.45, 7) is 5.78. The minimum absolute atomic E-state index is 0.110. The summed E-state index contributed by atoms with van der Waals surface area (Å²) in [4.78, 5) is 29.4. The summed E-state index contributed by atoms with van der Waals surface area (Å²) in [5.74, 6) is 0.886. The maximum Gasteiger partial charge on any atom is 0.230 e. The van der Waals surface area contributed by atoms with E-state index in [0.717, 1.165) is 17.5 Å². The van der Waals surface area contributed by atoms with E-state index < -0.39 is 0 Å². The molecule has 0 unspecified atom stereocenters. The van der Waals surface area contributed by atoms with Crippen molar-refractivity contribution in [3.8, 4) is 11.5 Å². The van der Waals surface area contributed by atoms with Gasteiger partial charge in [-0.3, -0.25) is 14.5 Å². The van der Waals surface area contributed by atoms with Crippen molar-refractivity contribution in [3.05, 3.63) is 64.2 Å². The summed E-state index contributed by atoms with van der Waals surface area (Å²) in [5, 5.41) is 2.45. The van der Waals surface area contributed by atoms with Crippen molar-refractivity contribution in [2.75, 3.05) is 12.0 Å². The summed E-state index contributed by atoms with van der Waals surface area (Å²) in [7, 11) is 1.52. The first kappa shape index (κ1) is 20.5. The molecule has 0 saturated carbocycles. The summed E-state index contributed by atoms with van der Waals surface area (Å²) >= 11 is 1.38. The van der Waals surface area contributed by atoms with Crippen molar-refractivity contribution in [1.29, 1.82) is 0 Å². The summed E-state index contributed by atoms with van der Waals surface area (Å²) in [6.07, 6.45) is 0.752. The van der Waals surface area contributed by atoms with Gasteiger partial charge in [0.25, 0.3) is 0 Å². The van der Waals surface area contributed by atoms with Crippen LogP contribution in [0.25, 0.3) is 0 Å². The topological polar surface area (TPSA) is 68.7 Å². The number of carbonyl (C=O) groups excluding carboxylic acids is 2. The molecule has 7 heteroatoms. The van der Waals surface area contributed by atoms with E-state index in [1.165, 1.54) is 30.9 Å². The van der Waals surface area contributed by atoms with Crippen LogP contribution in [0.1, 0.15) is 34.1 Å². The SMILES string of the molecule is COc1cc(C=O)ccc1OCc1csc(N(C(C)=O)c2ccc(C)c(C)c2)n1. The van der Waals surface area contributed by atoms with Crippen molar-refractivity contribution in [1.82, 2.24) is 4.98 Å². The van der Waals surface area contributed by atoms with Crippen LogP contribution in [0.15, 0.2) is 41.8 Å². The minimum atomic E-state index is -0.110. The number of aromatic nitrogens is 1. The fourth-order valence-electron chi connectivity index (χ4n) is 2.79. The molecule has 6 nitrogen and oxygen atoms in total. The Labute approximate surface area is 173 Å². The highest BCUT2D eigenvalue weighted by molar-refractivity contribution is 7.14. The van der Waals surface area contributed by atoms with E-state index in [1.807, 2.05) is 37.4 Å². The van der Waals surface area contributed by atoms with E-state index in [0.29, 0.717) is 27.9 Å². The first-order valence-corrected chi connectivity index (χ1v) is 9.89. The van der Waals surface area contributed by atoms with Gasteiger partial charge in [0, 0.05) is 17.9 Å². The maximum absolute atomic E-state index is 12.3. The first-order valence-electron chi connectivity index (χ1n) is 9.01. The van der Waals surface area contributed by atoms with Crippen LogP contribution in [0.4, 0.5) is 10.8 Å². The van der Waals surface area contributed by atoms with Gasteiger partial charge >= 0.3 is 0 Å². The van der Waals surface area contributed by atoms with Crippen LogP contribution >= 0.6 is 11.3 Å². The number of methoxy groups -OCH3 is 1. The van der Waals surface area contributed by atoms with E-state index in [-0.39, 0.29) is 12.5 Å². The molecule has 1 amide bonds. The Morgan fingerprint density at radius 1 is 1.14 bits per heavy atom. The molecule has 0 N–H and O–H groups in total. The molecular formula is C22H22N2O4S. The van der Waals surface area contributed by atoms with Crippen LogP contribution in [-0.2, 0) is 11.4 Å². The van der Waals surface area contributed by atoms with Gasteiger partial charge in [0.15, 0.2) is 16.6 Å². The summed E-state index contributed by atoms with van der Waals surface area (Å²) in [5.41, 5.74) is 4.27. The van der Waals surface area contributed by atoms with E-state index in [2.05, 4.69) is 4.98 Å². The Balaban J connectivity index is 1.79. The zero-order valence-electron chi connectivity index (χ0n) is 16.8. The molecule has 1 heterocycles. The molecule has 3 aromatic rings. The number of ether oxygens (including phenoxy) is 2. The van der Waals surface area contributed by atoms with Crippen LogP contribution in [0.5, 0.6) is 11.5 Å². The number of rotatable bonds is 7. The Morgan fingerprint density at radius 2 is 1.93 bits per heavy atom. The van der Waals surface area contributed by atoms with Gasteiger partial charge in [0.1, 0.15) is 12.9 Å². The predicted molar refractivity (Wildman–Crippen MR) is 114 cm³/mol. The largest absolute Gasteiger partial charge is 0.493 e. The molecule has 1 aromatic heterocycles. The number of aryl methyl sites for hydroxylation is 2. The maximum atomic E-state index is 12.3. The normalized spacial score (nSPS) is 10.5. The number of benzene rings is 2. The zero-order chi connectivity index (χ0) is 21.0. The molecular weight excluding hydrogens is 388 g/mol. The average molecular weight is 410 g/mol. The van der Waals surface area contributed by atoms with Crippen LogP contribution in [0.2, 0.25) is 0 Å². The van der Waals surface area contributed by atoms with Crippen molar-refractivity contribution < 1.29 is 19.1 Å². The van der Waals surface area contributed by atoms with E-state index >= 15 is 0 Å². The van der Waals surface area contributed by atoms with Crippen molar-refractivity contribution >= 4 is 34.3 Å². The third-order valence-corrected chi connectivity index (χ3v) is 5.37. The second-order valence-corrected chi connectivity index (χ2v) is 7.40. The molecule has 0 radical (unpaired) electrons. The number of aldehydes is 1. The fraction of sp³-hybridized carbons (Fsp3) is 0.227. The quantitative estimate of drug-likeness (QED) is 0.521. The Hall–Kier alpha value is -3.19. The van der Waals surface area contributed by atoms with Gasteiger partial charge in [-0.2, -0.15) is 0 Å². The van der Waals surface area contributed by atoms with Crippen molar-refractivity contribution in [2.45, 2.75) is 27.4 Å². The number of carbonyl (C=O) groups is 2. The summed E-state index contributed by atoms with van der Waals surface area (Å²) in [6, 6.07) is 10.9. The van der Waals surface area contributed by atoms with Gasteiger partial charge < -0.3 is 9.47 Å². The fourth-order valence-corrected chi connectivity index (χ4v) is 3.66. The second-order valence-electron chi connectivity index (χ2n) is 6.56. The molecule has 0 aliphatic heterocycles. The van der Waals surface area contributed by atoms with E-state index in [1.54, 1.807) is 23.1 Å². The van der Waals surface area contributed by atoms with Gasteiger partial charge in [-0.1, -0.05) is 6.07 Å². The Kier molecular flexibility index (Phi) is 6.29. The molecule has 0 spiro atoms. The average Bonchev–Trinajstić information content (AvgIpc) is 3.17. The first-order chi connectivity index (χ1) is 13.9. The number of nitrogens with zero attached hydrogens (tertiary/aromatic N) is 2. The van der Waals surface area contributed by atoms with Crippen LogP contribution < -0.4 is 14.4 Å². The van der Waals surface area contributed by atoms with Crippen LogP contribution in [0.3, 0.4) is 0 Å². The lowest BCUT2D eigenvalue weighted by Gasteiger charge is -2.19. The molecule has 29 heavy (non-hydrogen) atoms. The second kappa shape index (κ2) is 8.87. The lowest BCUT2D eigenvalue weighted by molar-refractivity contribution is -0.115. The van der Waals surface area contributed by atoms with Gasteiger partial charge in [-0.15, -0.1) is 11.3 Å². The number of anilines is 2. The number of thiazole rings is 1. The zero-order valence-corrected chi connectivity index (χ0v) is 17.6. The van der Waals surface area contributed by atoms with Gasteiger partial charge in [0.2, 0.25) is 5.91 Å². The van der Waals surface area contributed by atoms with Gasteiger partial charge in [-0.05, 0) is 55.3 Å². The Morgan fingerprint density at radius 3 is 2.59 bits per heavy atom. The lowest BCUT2D eigenvalue weighted by atomic mass is 10.1. The number of hydrogen-bond donors (Lipinski definition) is 0. The minimum Gasteiger partial charge on any atom is -0.493 e.